The first-order chi connectivity index (χ1) is 10.1. The zero-order valence-electron chi connectivity index (χ0n) is 12.2. The molecule has 1 heterocycles. The highest BCUT2D eigenvalue weighted by atomic mass is 16.6. The van der Waals surface area contributed by atoms with E-state index in [1.165, 1.54) is 12.1 Å². The molecular weight excluding hydrogens is 268 g/mol. The highest BCUT2D eigenvalue weighted by Crippen LogP contribution is 2.29. The zero-order chi connectivity index (χ0) is 15.2. The minimum absolute atomic E-state index is 0.0137. The summed E-state index contributed by atoms with van der Waals surface area (Å²) in [6.07, 6.45) is 7.30. The van der Waals surface area contributed by atoms with Gasteiger partial charge in [0.1, 0.15) is 0 Å². The predicted octanol–water partition coefficient (Wildman–Crippen LogP) is 3.61. The second kappa shape index (κ2) is 7.02. The molecule has 21 heavy (non-hydrogen) atoms. The van der Waals surface area contributed by atoms with Gasteiger partial charge in [0.2, 0.25) is 0 Å². The summed E-state index contributed by atoms with van der Waals surface area (Å²) in [6.45, 7) is 3.06. The van der Waals surface area contributed by atoms with Crippen LogP contribution in [0.3, 0.4) is 0 Å². The first-order valence-corrected chi connectivity index (χ1v) is 7.33. The van der Waals surface area contributed by atoms with Crippen molar-refractivity contribution in [2.45, 2.75) is 38.6 Å². The number of carbonyl (C=O) groups is 1. The van der Waals surface area contributed by atoms with Crippen LogP contribution in [0.4, 0.5) is 5.69 Å². The Kier molecular flexibility index (Phi) is 5.09. The van der Waals surface area contributed by atoms with Gasteiger partial charge in [-0.05, 0) is 18.1 Å². The molecule has 112 valence electrons. The van der Waals surface area contributed by atoms with Crippen LogP contribution >= 0.6 is 0 Å². The average Bonchev–Trinajstić information content (AvgIpc) is 2.49. The van der Waals surface area contributed by atoms with Gasteiger partial charge in [0.05, 0.1) is 11.0 Å². The lowest BCUT2D eigenvalue weighted by atomic mass is 9.96. The molecule has 0 aromatic heterocycles. The smallest absolute Gasteiger partial charge is 0.269 e. The molecule has 0 aliphatic carbocycles. The van der Waals surface area contributed by atoms with E-state index in [0.29, 0.717) is 6.42 Å². The van der Waals surface area contributed by atoms with E-state index in [9.17, 15) is 14.9 Å². The molecule has 5 heteroatoms. The van der Waals surface area contributed by atoms with Crippen LogP contribution < -0.4 is 0 Å². The molecule has 1 unspecified atom stereocenters. The number of ketones is 1. The summed E-state index contributed by atoms with van der Waals surface area (Å²) in [4.78, 5) is 24.1. The topological polar surface area (TPSA) is 63.5 Å². The molecule has 1 atom stereocenters. The first kappa shape index (κ1) is 15.2. The summed E-state index contributed by atoms with van der Waals surface area (Å²) >= 11 is 0. The van der Waals surface area contributed by atoms with E-state index in [1.54, 1.807) is 18.2 Å². The van der Waals surface area contributed by atoms with E-state index in [4.69, 9.17) is 0 Å². The number of carbonyl (C=O) groups excluding carboxylic acids is 1. The average molecular weight is 288 g/mol. The molecule has 5 nitrogen and oxygen atoms in total. The van der Waals surface area contributed by atoms with Crippen LogP contribution in [0.2, 0.25) is 0 Å². The van der Waals surface area contributed by atoms with Gasteiger partial charge in [-0.15, -0.1) is 0 Å². The summed E-state index contributed by atoms with van der Waals surface area (Å²) in [7, 11) is 0. The Bertz CT molecular complexity index is 537. The van der Waals surface area contributed by atoms with Crippen molar-refractivity contribution in [3.8, 4) is 0 Å². The van der Waals surface area contributed by atoms with E-state index in [0.717, 1.165) is 31.4 Å². The molecule has 1 aromatic rings. The Hall–Kier alpha value is -2.17. The van der Waals surface area contributed by atoms with Crippen molar-refractivity contribution in [3.63, 3.8) is 0 Å². The van der Waals surface area contributed by atoms with E-state index in [-0.39, 0.29) is 17.5 Å². The predicted molar refractivity (Wildman–Crippen MR) is 80.8 cm³/mol. The van der Waals surface area contributed by atoms with E-state index in [1.807, 2.05) is 6.20 Å². The molecule has 0 N–H and O–H groups in total. The summed E-state index contributed by atoms with van der Waals surface area (Å²) in [5, 5.41) is 10.7. The third-order valence-electron chi connectivity index (χ3n) is 3.76. The van der Waals surface area contributed by atoms with Crippen molar-refractivity contribution in [2.75, 3.05) is 6.54 Å². The Morgan fingerprint density at radius 2 is 2.00 bits per heavy atom. The molecule has 2 rings (SSSR count). The van der Waals surface area contributed by atoms with Gasteiger partial charge in [-0.3, -0.25) is 14.9 Å². The summed E-state index contributed by atoms with van der Waals surface area (Å²) in [5.41, 5.74) is 1.03. The van der Waals surface area contributed by atoms with Crippen LogP contribution in [0.1, 0.15) is 44.2 Å². The lowest BCUT2D eigenvalue weighted by Gasteiger charge is -2.33. The number of hydrogen-bond donors (Lipinski definition) is 0. The highest BCUT2D eigenvalue weighted by molar-refractivity contribution is 5.90. The van der Waals surface area contributed by atoms with Crippen molar-refractivity contribution >= 4 is 11.5 Å². The molecule has 1 aliphatic heterocycles. The third kappa shape index (κ3) is 3.90. The number of nitro benzene ring substituents is 1. The van der Waals surface area contributed by atoms with E-state index >= 15 is 0 Å². The van der Waals surface area contributed by atoms with Crippen molar-refractivity contribution in [1.29, 1.82) is 0 Å². The fourth-order valence-corrected chi connectivity index (χ4v) is 2.56. The van der Waals surface area contributed by atoms with Crippen molar-refractivity contribution in [2.24, 2.45) is 0 Å². The maximum atomic E-state index is 11.7. The number of nitro groups is 1. The van der Waals surface area contributed by atoms with Crippen LogP contribution in [0, 0.1) is 10.1 Å². The maximum absolute atomic E-state index is 11.7. The number of non-ortho nitro benzene ring substituents is 1. The lowest BCUT2D eigenvalue weighted by Crippen LogP contribution is -2.30. The van der Waals surface area contributed by atoms with Gasteiger partial charge < -0.3 is 4.90 Å². The minimum atomic E-state index is -0.408. The van der Waals surface area contributed by atoms with Gasteiger partial charge in [0, 0.05) is 31.3 Å². The largest absolute Gasteiger partial charge is 0.370 e. The van der Waals surface area contributed by atoms with Crippen molar-refractivity contribution < 1.29 is 9.72 Å². The summed E-state index contributed by atoms with van der Waals surface area (Å²) in [6, 6.07) is 6.50. The van der Waals surface area contributed by atoms with Crippen molar-refractivity contribution in [3.05, 3.63) is 52.2 Å². The summed E-state index contributed by atoms with van der Waals surface area (Å²) < 4.78 is 0. The summed E-state index contributed by atoms with van der Waals surface area (Å²) in [5.74, 6) is 0.102. The number of rotatable bonds is 6. The Labute approximate surface area is 124 Å². The number of nitrogens with zero attached hydrogens (tertiary/aromatic N) is 2. The van der Waals surface area contributed by atoms with Crippen LogP contribution in [-0.2, 0) is 4.79 Å². The highest BCUT2D eigenvalue weighted by Gasteiger charge is 2.24. The Morgan fingerprint density at radius 3 is 2.62 bits per heavy atom. The number of unbranched alkanes of at least 4 members (excludes halogenated alkanes) is 2. The van der Waals surface area contributed by atoms with Crippen LogP contribution in [0.25, 0.3) is 0 Å². The maximum Gasteiger partial charge on any atom is 0.269 e. The second-order valence-corrected chi connectivity index (χ2v) is 5.30. The molecule has 0 spiro atoms. The molecule has 0 amide bonds. The van der Waals surface area contributed by atoms with E-state index < -0.39 is 4.92 Å². The van der Waals surface area contributed by atoms with Crippen LogP contribution in [0.5, 0.6) is 0 Å². The van der Waals surface area contributed by atoms with Crippen molar-refractivity contribution in [1.82, 2.24) is 4.90 Å². The molecular formula is C16H20N2O3. The molecule has 0 bridgehead atoms. The van der Waals surface area contributed by atoms with Gasteiger partial charge in [-0.25, -0.2) is 0 Å². The zero-order valence-corrected chi connectivity index (χ0v) is 12.2. The number of benzene rings is 1. The van der Waals surface area contributed by atoms with Gasteiger partial charge in [0.15, 0.2) is 5.78 Å². The monoisotopic (exact) mass is 288 g/mol. The Balaban J connectivity index is 2.15. The third-order valence-corrected chi connectivity index (χ3v) is 3.76. The fourth-order valence-electron chi connectivity index (χ4n) is 2.56. The number of allylic oxidation sites excluding steroid dienone is 1. The van der Waals surface area contributed by atoms with E-state index in [2.05, 4.69) is 11.8 Å². The fraction of sp³-hybridized carbons (Fsp3) is 0.438. The molecule has 0 saturated carbocycles. The Morgan fingerprint density at radius 1 is 1.29 bits per heavy atom. The van der Waals surface area contributed by atoms with Gasteiger partial charge >= 0.3 is 0 Å². The lowest BCUT2D eigenvalue weighted by molar-refractivity contribution is -0.384. The normalized spacial score (nSPS) is 18.0. The van der Waals surface area contributed by atoms with Gasteiger partial charge in [-0.1, -0.05) is 31.9 Å². The first-order valence-electron chi connectivity index (χ1n) is 7.33. The molecule has 0 fully saturated rings. The molecule has 1 aliphatic rings. The molecule has 1 aromatic carbocycles. The van der Waals surface area contributed by atoms with Gasteiger partial charge in [0.25, 0.3) is 5.69 Å². The molecule has 0 radical (unpaired) electrons. The quantitative estimate of drug-likeness (QED) is 0.455. The van der Waals surface area contributed by atoms with Crippen LogP contribution in [0.15, 0.2) is 36.5 Å². The minimum Gasteiger partial charge on any atom is -0.370 e. The second-order valence-electron chi connectivity index (χ2n) is 5.30. The van der Waals surface area contributed by atoms with Gasteiger partial charge in [-0.2, -0.15) is 0 Å². The van der Waals surface area contributed by atoms with Crippen LogP contribution in [-0.4, -0.2) is 22.2 Å². The molecule has 0 saturated heterocycles. The standard InChI is InChI=1S/C16H20N2O3/c1-2-3-4-10-17-11-9-15(19)12-16(17)13-5-7-14(8-6-13)18(20)21/h5-9,11,16H,2-4,10,12H2,1H3. The SMILES string of the molecule is CCCCCN1C=CC(=O)CC1c1ccc([N+](=O)[O-])cc1. The number of hydrogen-bond acceptors (Lipinski definition) is 4.